The van der Waals surface area contributed by atoms with Gasteiger partial charge in [0.05, 0.1) is 18.9 Å². The molecular weight excluding hydrogens is 346 g/mol. The first-order chi connectivity index (χ1) is 11.7. The molecule has 8 heteroatoms. The smallest absolute Gasteiger partial charge is 0.186 e. The Morgan fingerprint density at radius 3 is 2.00 bits per heavy atom. The van der Waals surface area contributed by atoms with Crippen molar-refractivity contribution >= 4 is 41.9 Å². The number of carbonyl (C=O) groups excluding carboxylic acids is 2. The third kappa shape index (κ3) is 4.79. The van der Waals surface area contributed by atoms with Crippen LogP contribution in [-0.4, -0.2) is 23.0 Å². The third-order valence-electron chi connectivity index (χ3n) is 3.01. The summed E-state index contributed by atoms with van der Waals surface area (Å²) in [4.78, 5) is 22.0. The van der Waals surface area contributed by atoms with Crippen molar-refractivity contribution in [3.05, 3.63) is 71.8 Å². The lowest BCUT2D eigenvalue weighted by Gasteiger charge is -2.10. The minimum atomic E-state index is -0.0253. The Morgan fingerprint density at radius 2 is 1.38 bits per heavy atom. The molecule has 2 unspecified atom stereocenters. The first-order valence-electron chi connectivity index (χ1n) is 6.75. The highest BCUT2D eigenvalue weighted by Gasteiger charge is 2.16. The van der Waals surface area contributed by atoms with E-state index in [0.717, 1.165) is 5.56 Å². The van der Waals surface area contributed by atoms with Crippen LogP contribution in [0.4, 0.5) is 0 Å². The van der Waals surface area contributed by atoms with Crippen LogP contribution in [0.1, 0.15) is 15.9 Å². The first-order valence-corrected chi connectivity index (χ1v) is 7.69. The maximum atomic E-state index is 11.4. The Labute approximate surface area is 143 Å². The zero-order valence-electron chi connectivity index (χ0n) is 12.5. The van der Waals surface area contributed by atoms with Gasteiger partial charge in [-0.3, -0.25) is 9.59 Å². The van der Waals surface area contributed by atoms with Crippen molar-refractivity contribution < 1.29 is 18.8 Å². The van der Waals surface area contributed by atoms with Crippen molar-refractivity contribution in [3.63, 3.8) is 0 Å². The van der Waals surface area contributed by atoms with Crippen molar-refractivity contribution in [2.24, 2.45) is 10.3 Å². The molecule has 0 N–H and O–H groups in total. The summed E-state index contributed by atoms with van der Waals surface area (Å²) >= 11 is 0. The van der Waals surface area contributed by atoms with E-state index < -0.39 is 0 Å². The Kier molecular flexibility index (Phi) is 6.74. The fourth-order valence-corrected chi connectivity index (χ4v) is 2.20. The second-order valence-corrected chi connectivity index (χ2v) is 4.94. The third-order valence-corrected chi connectivity index (χ3v) is 3.22. The maximum Gasteiger partial charge on any atom is 0.186 e. The number of oxime groups is 2. The number of ketones is 2. The van der Waals surface area contributed by atoms with Crippen LogP contribution in [0, 0.1) is 0 Å². The number of allylic oxidation sites excluding steroid dienone is 6. The lowest BCUT2D eigenvalue weighted by Crippen LogP contribution is -2.11. The van der Waals surface area contributed by atoms with E-state index in [0.29, 0.717) is 17.0 Å². The number of nitrogens with zero attached hydrogens (tertiary/aromatic N) is 2. The van der Waals surface area contributed by atoms with E-state index in [1.54, 1.807) is 24.3 Å². The lowest BCUT2D eigenvalue weighted by atomic mass is 9.95. The zero-order chi connectivity index (χ0) is 17.4. The van der Waals surface area contributed by atoms with Gasteiger partial charge in [0, 0.05) is 11.1 Å². The maximum absolute atomic E-state index is 11.4. The topological polar surface area (TPSA) is 77.3 Å². The molecule has 2 atom stereocenters. The highest BCUT2D eigenvalue weighted by Crippen LogP contribution is 2.17. The molecule has 0 spiro atoms. The van der Waals surface area contributed by atoms with Crippen LogP contribution in [0.5, 0.6) is 0 Å². The monoisotopic (exact) mass is 360 g/mol. The van der Waals surface area contributed by atoms with Crippen LogP contribution in [0.3, 0.4) is 0 Å². The largest absolute Gasteiger partial charge is 0.383 e. The summed E-state index contributed by atoms with van der Waals surface area (Å²) < 4.78 is 9.02. The van der Waals surface area contributed by atoms with E-state index >= 15 is 0 Å². The van der Waals surface area contributed by atoms with Crippen LogP contribution in [0.2, 0.25) is 0 Å². The molecule has 0 aromatic heterocycles. The molecule has 122 valence electrons. The molecule has 0 fully saturated rings. The van der Waals surface area contributed by atoms with Crippen molar-refractivity contribution in [2.45, 2.75) is 0 Å². The number of fused-ring (bicyclic) bond motifs is 1. The molecule has 0 bridgehead atoms. The van der Waals surface area contributed by atoms with Crippen LogP contribution in [-0.2, 0) is 14.0 Å². The molecule has 24 heavy (non-hydrogen) atoms. The summed E-state index contributed by atoms with van der Waals surface area (Å²) in [7, 11) is 4.04. The molecule has 0 radical (unpaired) electrons. The summed E-state index contributed by atoms with van der Waals surface area (Å²) in [5.74, 6) is -0.0222. The lowest BCUT2D eigenvalue weighted by molar-refractivity contribution is -0.110. The highest BCUT2D eigenvalue weighted by molar-refractivity contribution is 7.09. The van der Waals surface area contributed by atoms with Gasteiger partial charge in [-0.1, -0.05) is 34.6 Å². The number of carbonyl (C=O) groups is 2. The fraction of sp³-hybridized carbons (Fsp3) is 0. The summed E-state index contributed by atoms with van der Waals surface area (Å²) in [5.41, 5.74) is 2.77. The number of hydrogen-bond donors (Lipinski definition) is 0. The van der Waals surface area contributed by atoms with Gasteiger partial charge >= 0.3 is 0 Å². The highest BCUT2D eigenvalue weighted by atomic mass is 31.0. The zero-order valence-corrected chi connectivity index (χ0v) is 14.8. The van der Waals surface area contributed by atoms with Crippen molar-refractivity contribution in [1.29, 1.82) is 0 Å². The van der Waals surface area contributed by atoms with Crippen molar-refractivity contribution in [3.8, 4) is 0 Å². The predicted molar refractivity (Wildman–Crippen MR) is 98.8 cm³/mol. The van der Waals surface area contributed by atoms with Crippen molar-refractivity contribution in [2.75, 3.05) is 0 Å². The number of benzene rings is 1. The SMILES string of the molecule is O=C1C=C/C(=N\OP)c2ccccc21.O=C1C=CC(=NOP)C=C1. The molecule has 2 aliphatic rings. The molecule has 0 heterocycles. The van der Waals surface area contributed by atoms with Gasteiger partial charge in [0.15, 0.2) is 11.6 Å². The summed E-state index contributed by atoms with van der Waals surface area (Å²) in [5, 5.41) is 7.37. The van der Waals surface area contributed by atoms with E-state index in [-0.39, 0.29) is 11.6 Å². The normalized spacial score (nSPS) is 16.4. The second kappa shape index (κ2) is 9.02. The van der Waals surface area contributed by atoms with Crippen LogP contribution in [0.15, 0.2) is 71.0 Å². The Balaban J connectivity index is 0.000000185. The van der Waals surface area contributed by atoms with Crippen LogP contribution in [0.25, 0.3) is 0 Å². The van der Waals surface area contributed by atoms with Gasteiger partial charge < -0.3 is 9.25 Å². The standard InChI is InChI=1S/C10H8NO2P.C6H6NO2P/c12-10-6-5-9(11-13-14)7-3-1-2-4-8(7)10;8-6-3-1-5(2-4-6)7-9-10/h1-6H,14H2;1-4H,10H2/b11-9+;. The van der Waals surface area contributed by atoms with Gasteiger partial charge in [-0.15, -0.1) is 0 Å². The minimum Gasteiger partial charge on any atom is -0.383 e. The molecule has 6 nitrogen and oxygen atoms in total. The van der Waals surface area contributed by atoms with E-state index in [1.807, 2.05) is 37.1 Å². The van der Waals surface area contributed by atoms with Gasteiger partial charge in [-0.05, 0) is 36.5 Å². The predicted octanol–water partition coefficient (Wildman–Crippen LogP) is 2.79. The molecule has 1 aromatic carbocycles. The van der Waals surface area contributed by atoms with E-state index in [9.17, 15) is 9.59 Å². The molecule has 0 aliphatic heterocycles. The Bertz CT molecular complexity index is 777. The average molecular weight is 360 g/mol. The minimum absolute atomic E-state index is 0.00306. The van der Waals surface area contributed by atoms with Gasteiger partial charge in [-0.25, -0.2) is 0 Å². The first kappa shape index (κ1) is 17.9. The van der Waals surface area contributed by atoms with Crippen molar-refractivity contribution in [1.82, 2.24) is 0 Å². The van der Waals surface area contributed by atoms with Gasteiger partial charge in [-0.2, -0.15) is 0 Å². The number of rotatable bonds is 2. The second-order valence-electron chi connectivity index (χ2n) is 4.52. The molecule has 0 saturated heterocycles. The van der Waals surface area contributed by atoms with Gasteiger partial charge in [0.2, 0.25) is 0 Å². The van der Waals surface area contributed by atoms with E-state index in [1.165, 1.54) is 18.2 Å². The van der Waals surface area contributed by atoms with Crippen LogP contribution < -0.4 is 0 Å². The Morgan fingerprint density at radius 1 is 0.750 bits per heavy atom. The number of hydrogen-bond acceptors (Lipinski definition) is 6. The molecule has 1 aromatic rings. The quantitative estimate of drug-likeness (QED) is 0.462. The Hall–Kier alpha value is -2.42. The molecule has 0 amide bonds. The molecule has 3 rings (SSSR count). The fourth-order valence-electron chi connectivity index (χ4n) is 1.96. The summed E-state index contributed by atoms with van der Waals surface area (Å²) in [6, 6.07) is 7.32. The molecule has 0 saturated carbocycles. The summed E-state index contributed by atoms with van der Waals surface area (Å²) in [6.07, 6.45) is 9.18. The van der Waals surface area contributed by atoms with Crippen LogP contribution >= 0.6 is 18.9 Å². The average Bonchev–Trinajstić information content (AvgIpc) is 2.61. The van der Waals surface area contributed by atoms with E-state index in [4.69, 9.17) is 0 Å². The molecule has 2 aliphatic carbocycles. The van der Waals surface area contributed by atoms with Gasteiger partial charge in [0.25, 0.3) is 0 Å². The van der Waals surface area contributed by atoms with Gasteiger partial charge in [0.1, 0.15) is 11.4 Å². The molecular formula is C16H14N2O4P2. The van der Waals surface area contributed by atoms with E-state index in [2.05, 4.69) is 19.6 Å². The summed E-state index contributed by atoms with van der Waals surface area (Å²) in [6.45, 7) is 0.